The van der Waals surface area contributed by atoms with Crippen LogP contribution in [0.4, 0.5) is 9.59 Å². The molecule has 0 bridgehead atoms. The molecule has 14 nitrogen and oxygen atoms in total. The highest BCUT2D eigenvalue weighted by molar-refractivity contribution is 7.52. The van der Waals surface area contributed by atoms with Crippen LogP contribution in [-0.2, 0) is 37.4 Å². The third-order valence-electron chi connectivity index (χ3n) is 5.17. The smallest absolute Gasteiger partial charge is 0.480 e. The molecule has 0 aliphatic carbocycles. The lowest BCUT2D eigenvalue weighted by molar-refractivity contribution is -0.141. The molecule has 0 saturated carbocycles. The summed E-state index contributed by atoms with van der Waals surface area (Å²) in [6, 6.07) is -1.09. The molecule has 228 valence electrons. The standard InChI is InChI=1S/C24H46N3O11P/c1-7-12-16-33-23(30)35-19(14-9-3)37-39(32,26-22(25)27(6)18(11-5)21(28)29)38-20(15-10-4)36-24(31)34-17-13-8-2/h18-20H,7-17H2,1-6H3,(H,28,29)(H2,25,26,32). The van der Waals surface area contributed by atoms with E-state index in [9.17, 15) is 24.1 Å². The van der Waals surface area contributed by atoms with Crippen molar-refractivity contribution in [1.82, 2.24) is 4.90 Å². The van der Waals surface area contributed by atoms with E-state index in [2.05, 4.69) is 4.76 Å². The number of likely N-dealkylation sites (N-methyl/N-ethyl adjacent to an activating group) is 1. The Bertz CT molecular complexity index is 772. The third kappa shape index (κ3) is 15.6. The van der Waals surface area contributed by atoms with Crippen LogP contribution in [0.1, 0.15) is 92.4 Å². The highest BCUT2D eigenvalue weighted by Gasteiger charge is 2.37. The molecule has 0 saturated heterocycles. The predicted octanol–water partition coefficient (Wildman–Crippen LogP) is 5.40. The van der Waals surface area contributed by atoms with E-state index in [4.69, 9.17) is 33.7 Å². The number of nitrogens with two attached hydrogens (primary N) is 1. The quantitative estimate of drug-likeness (QED) is 0.0464. The van der Waals surface area contributed by atoms with Crippen LogP contribution in [-0.4, -0.2) is 73.1 Å². The monoisotopic (exact) mass is 583 g/mol. The fourth-order valence-electron chi connectivity index (χ4n) is 2.96. The number of carboxylic acid groups (broad SMARTS) is 1. The topological polar surface area (TPSA) is 186 Å². The second-order valence-electron chi connectivity index (χ2n) is 8.59. The van der Waals surface area contributed by atoms with Gasteiger partial charge in [0.2, 0.25) is 18.5 Å². The normalized spacial score (nSPS) is 15.4. The fourth-order valence-corrected chi connectivity index (χ4v) is 4.39. The molecule has 3 atom stereocenters. The van der Waals surface area contributed by atoms with Gasteiger partial charge in [-0.3, -0.25) is 0 Å². The second kappa shape index (κ2) is 20.3. The molecule has 39 heavy (non-hydrogen) atoms. The largest absolute Gasteiger partial charge is 0.510 e. The minimum atomic E-state index is -4.69. The predicted molar refractivity (Wildman–Crippen MR) is 143 cm³/mol. The van der Waals surface area contributed by atoms with Gasteiger partial charge in [-0.05, 0) is 19.3 Å². The van der Waals surface area contributed by atoms with Gasteiger partial charge in [0.15, 0.2) is 0 Å². The number of rotatable bonds is 20. The molecule has 3 N–H and O–H groups in total. The minimum Gasteiger partial charge on any atom is -0.480 e. The van der Waals surface area contributed by atoms with Gasteiger partial charge in [0.05, 0.1) is 13.2 Å². The molecule has 0 aliphatic heterocycles. The highest BCUT2D eigenvalue weighted by Crippen LogP contribution is 2.53. The van der Waals surface area contributed by atoms with Crippen molar-refractivity contribution >= 4 is 32.0 Å². The van der Waals surface area contributed by atoms with Crippen LogP contribution in [0.5, 0.6) is 0 Å². The van der Waals surface area contributed by atoms with E-state index in [-0.39, 0.29) is 32.5 Å². The molecule has 0 rings (SSSR count). The number of hydrogen-bond donors (Lipinski definition) is 2. The minimum absolute atomic E-state index is 0.0898. The Morgan fingerprint density at radius 1 is 0.846 bits per heavy atom. The van der Waals surface area contributed by atoms with E-state index in [1.165, 1.54) is 7.05 Å². The lowest BCUT2D eigenvalue weighted by atomic mass is 10.2. The maximum atomic E-state index is 13.9. The molecule has 0 aromatic heterocycles. The Morgan fingerprint density at radius 3 is 1.62 bits per heavy atom. The van der Waals surface area contributed by atoms with E-state index in [0.29, 0.717) is 25.7 Å². The highest BCUT2D eigenvalue weighted by atomic mass is 31.2. The van der Waals surface area contributed by atoms with E-state index in [0.717, 1.165) is 17.7 Å². The Balaban J connectivity index is 6.11. The zero-order chi connectivity index (χ0) is 29.8. The first-order chi connectivity index (χ1) is 18.5. The van der Waals surface area contributed by atoms with E-state index < -0.39 is 50.6 Å². The molecule has 0 amide bonds. The van der Waals surface area contributed by atoms with Gasteiger partial charge in [-0.15, -0.1) is 4.76 Å². The van der Waals surface area contributed by atoms with E-state index in [1.54, 1.807) is 20.8 Å². The first kappa shape index (κ1) is 36.4. The Kier molecular flexibility index (Phi) is 19.0. The van der Waals surface area contributed by atoms with Gasteiger partial charge in [0.25, 0.3) is 0 Å². The number of aliphatic carboxylic acids is 1. The summed E-state index contributed by atoms with van der Waals surface area (Å²) >= 11 is 0. The van der Waals surface area contributed by atoms with Crippen LogP contribution in [0.15, 0.2) is 4.76 Å². The number of unbranched alkanes of at least 4 members (excludes halogenated alkanes) is 2. The van der Waals surface area contributed by atoms with E-state index in [1.807, 2.05) is 13.8 Å². The van der Waals surface area contributed by atoms with Gasteiger partial charge < -0.3 is 34.7 Å². The molecule has 15 heteroatoms. The maximum Gasteiger partial charge on any atom is 0.510 e. The van der Waals surface area contributed by atoms with Crippen molar-refractivity contribution in [3.63, 3.8) is 0 Å². The Hall–Kier alpha value is -2.57. The van der Waals surface area contributed by atoms with E-state index >= 15 is 0 Å². The number of ether oxygens (including phenoxy) is 4. The van der Waals surface area contributed by atoms with Crippen LogP contribution >= 0.6 is 7.75 Å². The van der Waals surface area contributed by atoms with Crippen molar-refractivity contribution in [2.24, 2.45) is 10.5 Å². The van der Waals surface area contributed by atoms with Crippen molar-refractivity contribution in [2.45, 2.75) is 111 Å². The molecule has 0 heterocycles. The van der Waals surface area contributed by atoms with Crippen molar-refractivity contribution in [3.8, 4) is 0 Å². The molecule has 0 aromatic rings. The SMILES string of the molecule is CCCCOC(=O)OC(CCC)OP(=O)(N=C(N)N(C)C(CC)C(=O)O)OC(CCC)OC(=O)OCCCC. The van der Waals surface area contributed by atoms with Crippen molar-refractivity contribution in [2.75, 3.05) is 20.3 Å². The molecule has 0 aliphatic rings. The van der Waals surface area contributed by atoms with Gasteiger partial charge in [0.1, 0.15) is 6.04 Å². The lowest BCUT2D eigenvalue weighted by Gasteiger charge is -2.28. The van der Waals surface area contributed by atoms with Crippen LogP contribution in [0.25, 0.3) is 0 Å². The summed E-state index contributed by atoms with van der Waals surface area (Å²) in [7, 11) is -3.35. The summed E-state index contributed by atoms with van der Waals surface area (Å²) in [5.41, 5.74) is 6.00. The average molecular weight is 584 g/mol. The maximum absolute atomic E-state index is 13.9. The number of carboxylic acids is 1. The lowest BCUT2D eigenvalue weighted by Crippen LogP contribution is -2.45. The number of nitrogens with zero attached hydrogens (tertiary/aromatic N) is 2. The van der Waals surface area contributed by atoms with Gasteiger partial charge >= 0.3 is 26.0 Å². The number of carbonyl (C=O) groups excluding carboxylic acids is 2. The summed E-state index contributed by atoms with van der Waals surface area (Å²) in [5.74, 6) is -1.66. The Labute approximate surface area is 231 Å². The van der Waals surface area contributed by atoms with Gasteiger partial charge in [-0.1, -0.05) is 60.3 Å². The molecular formula is C24H46N3O11P. The molecular weight excluding hydrogens is 537 g/mol. The molecule has 0 aromatic carbocycles. The van der Waals surface area contributed by atoms with Crippen molar-refractivity contribution in [1.29, 1.82) is 0 Å². The van der Waals surface area contributed by atoms with Crippen LogP contribution in [0, 0.1) is 0 Å². The summed E-state index contributed by atoms with van der Waals surface area (Å²) in [6.07, 6.45) is -0.865. The van der Waals surface area contributed by atoms with Gasteiger partial charge in [-0.25, -0.2) is 28.0 Å². The van der Waals surface area contributed by atoms with Gasteiger partial charge in [0, 0.05) is 19.9 Å². The summed E-state index contributed by atoms with van der Waals surface area (Å²) in [4.78, 5) is 37.0. The Morgan fingerprint density at radius 2 is 1.28 bits per heavy atom. The molecule has 0 spiro atoms. The first-order valence-corrected chi connectivity index (χ1v) is 14.9. The summed E-state index contributed by atoms with van der Waals surface area (Å²) in [6.45, 7) is 9.26. The first-order valence-electron chi connectivity index (χ1n) is 13.4. The number of carbonyl (C=O) groups is 3. The molecule has 0 fully saturated rings. The summed E-state index contributed by atoms with van der Waals surface area (Å²) in [5, 5.41) is 9.47. The number of hydrogen-bond acceptors (Lipinski definition) is 10. The van der Waals surface area contributed by atoms with Crippen LogP contribution < -0.4 is 5.73 Å². The third-order valence-corrected chi connectivity index (χ3v) is 6.62. The molecule has 0 radical (unpaired) electrons. The number of guanidine groups is 1. The van der Waals surface area contributed by atoms with Gasteiger partial charge in [-0.2, -0.15) is 0 Å². The second-order valence-corrected chi connectivity index (χ2v) is 10.1. The van der Waals surface area contributed by atoms with Crippen molar-refractivity contribution < 1.29 is 52.1 Å². The average Bonchev–Trinajstić information content (AvgIpc) is 2.84. The molecule has 3 unspecified atom stereocenters. The summed E-state index contributed by atoms with van der Waals surface area (Å²) < 4.78 is 49.2. The van der Waals surface area contributed by atoms with Crippen LogP contribution in [0.2, 0.25) is 0 Å². The fraction of sp³-hybridized carbons (Fsp3) is 0.833. The zero-order valence-corrected chi connectivity index (χ0v) is 24.9. The van der Waals surface area contributed by atoms with Crippen molar-refractivity contribution in [3.05, 3.63) is 0 Å². The zero-order valence-electron chi connectivity index (χ0n) is 24.0. The van der Waals surface area contributed by atoms with Crippen LogP contribution in [0.3, 0.4) is 0 Å².